The third-order valence-electron chi connectivity index (χ3n) is 2.81. The van der Waals surface area contributed by atoms with E-state index in [2.05, 4.69) is 5.32 Å². The molecule has 1 rings (SSSR count). The molecule has 0 aliphatic carbocycles. The molecule has 0 spiro atoms. The van der Waals surface area contributed by atoms with E-state index in [1.807, 2.05) is 13.8 Å². The number of nitrogens with one attached hydrogen (secondary N) is 1. The van der Waals surface area contributed by atoms with Gasteiger partial charge in [0.2, 0.25) is 5.91 Å². The zero-order valence-electron chi connectivity index (χ0n) is 12.2. The highest BCUT2D eigenvalue weighted by molar-refractivity contribution is 5.76. The summed E-state index contributed by atoms with van der Waals surface area (Å²) >= 11 is 0. The lowest BCUT2D eigenvalue weighted by atomic mass is 10.1. The fraction of sp³-hybridized carbons (Fsp3) is 0.533. The molecule has 4 nitrogen and oxygen atoms in total. The van der Waals surface area contributed by atoms with Crippen LogP contribution in [0.15, 0.2) is 18.2 Å². The van der Waals surface area contributed by atoms with Crippen LogP contribution in [0, 0.1) is 5.82 Å². The highest BCUT2D eigenvalue weighted by atomic mass is 19.1. The molecule has 1 N–H and O–H groups in total. The van der Waals surface area contributed by atoms with Crippen LogP contribution in [0.1, 0.15) is 38.8 Å². The second-order valence-corrected chi connectivity index (χ2v) is 4.36. The quantitative estimate of drug-likeness (QED) is 0.746. The van der Waals surface area contributed by atoms with E-state index in [-0.39, 0.29) is 17.7 Å². The van der Waals surface area contributed by atoms with Crippen LogP contribution < -0.4 is 10.1 Å². The Hall–Kier alpha value is -1.62. The predicted octanol–water partition coefficient (Wildman–Crippen LogP) is 2.83. The smallest absolute Gasteiger partial charge is 0.222 e. The predicted molar refractivity (Wildman–Crippen MR) is 75.2 cm³/mol. The topological polar surface area (TPSA) is 47.6 Å². The molecule has 1 aromatic rings. The summed E-state index contributed by atoms with van der Waals surface area (Å²) in [6.45, 7) is 6.89. The van der Waals surface area contributed by atoms with Crippen LogP contribution in [0.4, 0.5) is 4.39 Å². The minimum Gasteiger partial charge on any atom is -0.491 e. The van der Waals surface area contributed by atoms with Gasteiger partial charge >= 0.3 is 0 Å². The third kappa shape index (κ3) is 5.17. The molecule has 5 heteroatoms. The number of halogens is 1. The Balaban J connectivity index is 2.56. The fourth-order valence-electron chi connectivity index (χ4n) is 1.77. The Kier molecular flexibility index (Phi) is 7.01. The number of carbonyl (C=O) groups excluding carboxylic acids is 1. The number of ether oxygens (including phenoxy) is 2. The van der Waals surface area contributed by atoms with E-state index in [1.165, 1.54) is 6.07 Å². The van der Waals surface area contributed by atoms with E-state index in [0.29, 0.717) is 31.8 Å². The van der Waals surface area contributed by atoms with Crippen LogP contribution in [-0.2, 0) is 9.53 Å². The maximum absolute atomic E-state index is 13.7. The van der Waals surface area contributed by atoms with Crippen molar-refractivity contribution >= 4 is 5.91 Å². The summed E-state index contributed by atoms with van der Waals surface area (Å²) in [5, 5.41) is 2.81. The van der Waals surface area contributed by atoms with Crippen LogP contribution in [0.3, 0.4) is 0 Å². The van der Waals surface area contributed by atoms with Crippen LogP contribution in [0.2, 0.25) is 0 Å². The highest BCUT2D eigenvalue weighted by Crippen LogP contribution is 2.22. The molecular weight excluding hydrogens is 261 g/mol. The molecule has 0 heterocycles. The molecule has 0 aromatic heterocycles. The van der Waals surface area contributed by atoms with Gasteiger partial charge in [-0.05, 0) is 38.5 Å². The Morgan fingerprint density at radius 1 is 1.35 bits per heavy atom. The third-order valence-corrected chi connectivity index (χ3v) is 2.81. The van der Waals surface area contributed by atoms with Gasteiger partial charge in [0.25, 0.3) is 0 Å². The molecule has 112 valence electrons. The van der Waals surface area contributed by atoms with Gasteiger partial charge in [-0.2, -0.15) is 0 Å². The van der Waals surface area contributed by atoms with E-state index in [4.69, 9.17) is 9.47 Å². The highest BCUT2D eigenvalue weighted by Gasteiger charge is 2.12. The standard InChI is InChI=1S/C15H22FNO3/c1-4-19-9-8-15(18)17-11(3)12-6-7-14(20-5-2)13(16)10-12/h6-7,10-11H,4-5,8-9H2,1-3H3,(H,17,18)/t11-/m0/s1. The number of carbonyl (C=O) groups is 1. The van der Waals surface area contributed by atoms with Crippen molar-refractivity contribution < 1.29 is 18.7 Å². The van der Waals surface area contributed by atoms with Gasteiger partial charge in [0.15, 0.2) is 11.6 Å². The van der Waals surface area contributed by atoms with Crippen molar-refractivity contribution in [3.05, 3.63) is 29.6 Å². The molecule has 1 aromatic carbocycles. The van der Waals surface area contributed by atoms with E-state index in [0.717, 1.165) is 0 Å². The average Bonchev–Trinajstić information content (AvgIpc) is 2.41. The minimum atomic E-state index is -0.417. The zero-order chi connectivity index (χ0) is 15.0. The zero-order valence-corrected chi connectivity index (χ0v) is 12.2. The molecule has 0 aliphatic heterocycles. The molecule has 1 atom stereocenters. The van der Waals surface area contributed by atoms with Crippen molar-refractivity contribution in [2.75, 3.05) is 19.8 Å². The van der Waals surface area contributed by atoms with E-state index in [9.17, 15) is 9.18 Å². The number of hydrogen-bond donors (Lipinski definition) is 1. The van der Waals surface area contributed by atoms with Crippen LogP contribution in [0.25, 0.3) is 0 Å². The maximum atomic E-state index is 13.7. The average molecular weight is 283 g/mol. The second-order valence-electron chi connectivity index (χ2n) is 4.36. The van der Waals surface area contributed by atoms with E-state index < -0.39 is 5.82 Å². The van der Waals surface area contributed by atoms with Gasteiger partial charge < -0.3 is 14.8 Å². The van der Waals surface area contributed by atoms with Crippen molar-refractivity contribution in [1.29, 1.82) is 0 Å². The SMILES string of the molecule is CCOCCC(=O)N[C@@H](C)c1ccc(OCC)c(F)c1. The molecule has 20 heavy (non-hydrogen) atoms. The van der Waals surface area contributed by atoms with Gasteiger partial charge in [0.1, 0.15) is 0 Å². The molecular formula is C15H22FNO3. The lowest BCUT2D eigenvalue weighted by Gasteiger charge is -2.15. The van der Waals surface area contributed by atoms with Crippen molar-refractivity contribution in [2.45, 2.75) is 33.2 Å². The van der Waals surface area contributed by atoms with E-state index in [1.54, 1.807) is 19.1 Å². The summed E-state index contributed by atoms with van der Waals surface area (Å²) in [5.74, 6) is -0.300. The van der Waals surface area contributed by atoms with Gasteiger partial charge in [0.05, 0.1) is 19.3 Å². The van der Waals surface area contributed by atoms with Crippen molar-refractivity contribution in [3.8, 4) is 5.75 Å². The van der Waals surface area contributed by atoms with Crippen molar-refractivity contribution in [1.82, 2.24) is 5.32 Å². The Bertz CT molecular complexity index is 437. The summed E-state index contributed by atoms with van der Waals surface area (Å²) in [7, 11) is 0. The molecule has 0 fully saturated rings. The molecule has 1 amide bonds. The first kappa shape index (κ1) is 16.4. The number of hydrogen-bond acceptors (Lipinski definition) is 3. The van der Waals surface area contributed by atoms with Crippen LogP contribution in [0.5, 0.6) is 5.75 Å². The molecule has 0 saturated carbocycles. The lowest BCUT2D eigenvalue weighted by molar-refractivity contribution is -0.122. The Morgan fingerprint density at radius 2 is 2.10 bits per heavy atom. The summed E-state index contributed by atoms with van der Waals surface area (Å²) in [5.41, 5.74) is 0.704. The van der Waals surface area contributed by atoms with Gasteiger partial charge in [0, 0.05) is 13.0 Å². The number of rotatable bonds is 8. The molecule has 0 radical (unpaired) electrons. The first-order valence-electron chi connectivity index (χ1n) is 6.87. The van der Waals surface area contributed by atoms with Crippen molar-refractivity contribution in [2.24, 2.45) is 0 Å². The van der Waals surface area contributed by atoms with Gasteiger partial charge in [-0.15, -0.1) is 0 Å². The summed E-state index contributed by atoms with van der Waals surface area (Å²) in [6.07, 6.45) is 0.303. The van der Waals surface area contributed by atoms with Gasteiger partial charge in [-0.3, -0.25) is 4.79 Å². The van der Waals surface area contributed by atoms with Gasteiger partial charge in [-0.1, -0.05) is 6.07 Å². The first-order valence-corrected chi connectivity index (χ1v) is 6.87. The van der Waals surface area contributed by atoms with Crippen LogP contribution in [-0.4, -0.2) is 25.7 Å². The largest absolute Gasteiger partial charge is 0.491 e. The molecule has 0 bridgehead atoms. The molecule has 0 aliphatic rings. The van der Waals surface area contributed by atoms with Gasteiger partial charge in [-0.25, -0.2) is 4.39 Å². The first-order chi connectivity index (χ1) is 9.58. The number of benzene rings is 1. The lowest BCUT2D eigenvalue weighted by Crippen LogP contribution is -2.27. The summed E-state index contributed by atoms with van der Waals surface area (Å²) in [4.78, 5) is 11.6. The molecule has 0 saturated heterocycles. The fourth-order valence-corrected chi connectivity index (χ4v) is 1.77. The maximum Gasteiger partial charge on any atom is 0.222 e. The molecule has 0 unspecified atom stereocenters. The number of amides is 1. The minimum absolute atomic E-state index is 0.111. The van der Waals surface area contributed by atoms with Crippen LogP contribution >= 0.6 is 0 Å². The van der Waals surface area contributed by atoms with Crippen molar-refractivity contribution in [3.63, 3.8) is 0 Å². The Labute approximate surface area is 119 Å². The van der Waals surface area contributed by atoms with E-state index >= 15 is 0 Å². The normalized spacial score (nSPS) is 12.0. The summed E-state index contributed by atoms with van der Waals surface area (Å²) < 4.78 is 24.0. The Morgan fingerprint density at radius 3 is 2.70 bits per heavy atom. The monoisotopic (exact) mass is 283 g/mol. The second kappa shape index (κ2) is 8.53. The summed E-state index contributed by atoms with van der Waals surface area (Å²) in [6, 6.07) is 4.46.